The predicted octanol–water partition coefficient (Wildman–Crippen LogP) is 4.38. The molecule has 2 fully saturated rings. The van der Waals surface area contributed by atoms with Gasteiger partial charge in [-0.1, -0.05) is 30.4 Å². The van der Waals surface area contributed by atoms with E-state index in [0.29, 0.717) is 6.54 Å². The number of benzene rings is 1. The van der Waals surface area contributed by atoms with Crippen LogP contribution in [-0.4, -0.2) is 46.5 Å². The third-order valence-corrected chi connectivity index (χ3v) is 5.82. The number of para-hydroxylation sites is 1. The van der Waals surface area contributed by atoms with Crippen molar-refractivity contribution in [2.24, 2.45) is 4.99 Å². The second-order valence-electron chi connectivity index (χ2n) is 9.01. The van der Waals surface area contributed by atoms with Crippen molar-refractivity contribution in [3.8, 4) is 0 Å². The van der Waals surface area contributed by atoms with Gasteiger partial charge in [0.25, 0.3) is 0 Å². The Labute approximate surface area is 168 Å². The summed E-state index contributed by atoms with van der Waals surface area (Å²) in [6.07, 6.45) is 5.29. The molecule has 1 aromatic carbocycles. The van der Waals surface area contributed by atoms with Gasteiger partial charge in [-0.3, -0.25) is 9.89 Å². The van der Waals surface area contributed by atoms with Gasteiger partial charge in [0.05, 0.1) is 12.2 Å². The number of carbonyl (C=O) groups is 1. The Morgan fingerprint density at radius 2 is 1.68 bits per heavy atom. The minimum atomic E-state index is -0.513. The van der Waals surface area contributed by atoms with E-state index in [1.54, 1.807) is 11.0 Å². The maximum Gasteiger partial charge on any atom is 0.328 e. The molecule has 150 valence electrons. The quantitative estimate of drug-likeness (QED) is 0.771. The maximum atomic E-state index is 13.1. The lowest BCUT2D eigenvalue weighted by Crippen LogP contribution is -2.69. The van der Waals surface area contributed by atoms with E-state index in [2.05, 4.69) is 51.1 Å². The van der Waals surface area contributed by atoms with Gasteiger partial charge in [-0.25, -0.2) is 9.69 Å². The second-order valence-corrected chi connectivity index (χ2v) is 9.01. The molecule has 0 aliphatic carbocycles. The van der Waals surface area contributed by atoms with Crippen LogP contribution in [0.1, 0.15) is 40.5 Å². The summed E-state index contributed by atoms with van der Waals surface area (Å²) in [5.41, 5.74) is 0.0555. The Kier molecular flexibility index (Phi) is 5.24. The fraction of sp³-hybridized carbons (Fsp3) is 0.478. The van der Waals surface area contributed by atoms with Crippen molar-refractivity contribution in [1.82, 2.24) is 10.2 Å². The number of urea groups is 1. The van der Waals surface area contributed by atoms with Gasteiger partial charge in [0.15, 0.2) is 0 Å². The van der Waals surface area contributed by atoms with Crippen molar-refractivity contribution in [3.63, 3.8) is 0 Å². The van der Waals surface area contributed by atoms with Gasteiger partial charge in [0.2, 0.25) is 0 Å². The van der Waals surface area contributed by atoms with E-state index in [9.17, 15) is 4.79 Å². The highest BCUT2D eigenvalue weighted by Gasteiger charge is 2.59. The van der Waals surface area contributed by atoms with E-state index in [1.165, 1.54) is 0 Å². The van der Waals surface area contributed by atoms with E-state index in [4.69, 9.17) is 4.99 Å². The van der Waals surface area contributed by atoms with Crippen molar-refractivity contribution in [2.45, 2.75) is 57.2 Å². The van der Waals surface area contributed by atoms with Crippen LogP contribution in [0.2, 0.25) is 0 Å². The topological polar surface area (TPSA) is 47.9 Å². The van der Waals surface area contributed by atoms with Crippen LogP contribution in [0.3, 0.4) is 0 Å². The highest BCUT2D eigenvalue weighted by Crippen LogP contribution is 2.46. The molecular formula is C23H32N4O. The fourth-order valence-electron chi connectivity index (χ4n) is 5.24. The van der Waals surface area contributed by atoms with Crippen LogP contribution in [0.15, 0.2) is 60.6 Å². The number of hydrogen-bond donors (Lipinski definition) is 1. The summed E-state index contributed by atoms with van der Waals surface area (Å²) in [5, 5.41) is 3.32. The van der Waals surface area contributed by atoms with Crippen molar-refractivity contribution < 1.29 is 4.79 Å². The molecule has 5 heteroatoms. The number of anilines is 1. The zero-order chi connectivity index (χ0) is 20.6. The van der Waals surface area contributed by atoms with Crippen LogP contribution < -0.4 is 10.2 Å². The Bertz CT molecular complexity index is 776. The first-order chi connectivity index (χ1) is 13.2. The maximum absolute atomic E-state index is 13.1. The molecule has 0 atom stereocenters. The SMILES string of the molecule is C=CCN=C1N(c2ccccc2)C(=O)NC12CC(C)(C)N(CC=C)C(C)(C)C2. The lowest BCUT2D eigenvalue weighted by Gasteiger charge is -2.58. The molecule has 0 saturated carbocycles. The minimum absolute atomic E-state index is 0.113. The number of amidine groups is 1. The molecule has 2 heterocycles. The molecule has 0 radical (unpaired) electrons. The largest absolute Gasteiger partial charge is 0.328 e. The number of carbonyl (C=O) groups excluding carboxylic acids is 1. The van der Waals surface area contributed by atoms with E-state index in [0.717, 1.165) is 30.9 Å². The number of piperidine rings is 1. The van der Waals surface area contributed by atoms with Crippen molar-refractivity contribution >= 4 is 17.6 Å². The van der Waals surface area contributed by atoms with Gasteiger partial charge in [-0.05, 0) is 52.7 Å². The third kappa shape index (κ3) is 3.39. The number of nitrogens with one attached hydrogen (secondary N) is 1. The van der Waals surface area contributed by atoms with Crippen LogP contribution in [-0.2, 0) is 0 Å². The molecule has 5 nitrogen and oxygen atoms in total. The van der Waals surface area contributed by atoms with Gasteiger partial charge in [-0.15, -0.1) is 13.2 Å². The molecule has 1 N–H and O–H groups in total. The zero-order valence-corrected chi connectivity index (χ0v) is 17.5. The number of hydrogen-bond acceptors (Lipinski definition) is 3. The van der Waals surface area contributed by atoms with Gasteiger partial charge in [-0.2, -0.15) is 0 Å². The Morgan fingerprint density at radius 3 is 2.21 bits per heavy atom. The molecule has 3 rings (SSSR count). The summed E-state index contributed by atoms with van der Waals surface area (Å²) in [7, 11) is 0. The summed E-state index contributed by atoms with van der Waals surface area (Å²) >= 11 is 0. The van der Waals surface area contributed by atoms with E-state index in [1.807, 2.05) is 36.4 Å². The monoisotopic (exact) mass is 380 g/mol. The number of rotatable bonds is 5. The van der Waals surface area contributed by atoms with Crippen LogP contribution in [0.4, 0.5) is 10.5 Å². The Morgan fingerprint density at radius 1 is 1.07 bits per heavy atom. The molecule has 0 aromatic heterocycles. The van der Waals surface area contributed by atoms with E-state index in [-0.39, 0.29) is 17.1 Å². The van der Waals surface area contributed by atoms with Crippen molar-refractivity contribution in [3.05, 3.63) is 55.6 Å². The summed E-state index contributed by atoms with van der Waals surface area (Å²) in [6.45, 7) is 18.0. The zero-order valence-electron chi connectivity index (χ0n) is 17.5. The lowest BCUT2D eigenvalue weighted by atomic mass is 9.68. The molecule has 1 aromatic rings. The standard InChI is InChI=1S/C23H32N4O/c1-7-14-24-19-23(25-20(28)27(19)18-12-10-9-11-13-18)16-21(3,4)26(15-8-2)22(5,6)17-23/h7-13H,1-2,14-17H2,3-6H3,(H,25,28). The van der Waals surface area contributed by atoms with Gasteiger partial charge in [0.1, 0.15) is 11.4 Å². The minimum Gasteiger partial charge on any atom is -0.325 e. The van der Waals surface area contributed by atoms with E-state index < -0.39 is 5.54 Å². The summed E-state index contributed by atoms with van der Waals surface area (Å²) in [4.78, 5) is 22.2. The summed E-state index contributed by atoms with van der Waals surface area (Å²) < 4.78 is 0. The third-order valence-electron chi connectivity index (χ3n) is 5.82. The number of amides is 2. The summed E-state index contributed by atoms with van der Waals surface area (Å²) in [5.74, 6) is 0.794. The molecule has 2 aliphatic rings. The van der Waals surface area contributed by atoms with Gasteiger partial charge >= 0.3 is 6.03 Å². The normalized spacial score (nSPS) is 24.4. The molecule has 0 bridgehead atoms. The Hall–Kier alpha value is -2.40. The van der Waals surface area contributed by atoms with Crippen molar-refractivity contribution in [1.29, 1.82) is 0 Å². The first-order valence-corrected chi connectivity index (χ1v) is 9.89. The molecule has 2 saturated heterocycles. The van der Waals surface area contributed by atoms with Crippen molar-refractivity contribution in [2.75, 3.05) is 18.0 Å². The average Bonchev–Trinajstić information content (AvgIpc) is 2.86. The first kappa shape index (κ1) is 20.3. The lowest BCUT2D eigenvalue weighted by molar-refractivity contribution is -0.0401. The number of nitrogens with zero attached hydrogens (tertiary/aromatic N) is 3. The molecule has 2 aliphatic heterocycles. The Balaban J connectivity index is 2.10. The van der Waals surface area contributed by atoms with Crippen LogP contribution in [0.25, 0.3) is 0 Å². The second kappa shape index (κ2) is 7.21. The molecule has 0 unspecified atom stereocenters. The van der Waals surface area contributed by atoms with Crippen LogP contribution in [0, 0.1) is 0 Å². The smallest absolute Gasteiger partial charge is 0.325 e. The van der Waals surface area contributed by atoms with Crippen LogP contribution >= 0.6 is 0 Å². The molecule has 2 amide bonds. The first-order valence-electron chi connectivity index (χ1n) is 9.89. The fourth-order valence-corrected chi connectivity index (χ4v) is 5.24. The highest BCUT2D eigenvalue weighted by molar-refractivity contribution is 6.25. The van der Waals surface area contributed by atoms with E-state index >= 15 is 0 Å². The highest BCUT2D eigenvalue weighted by atomic mass is 16.2. The predicted molar refractivity (Wildman–Crippen MR) is 117 cm³/mol. The molecule has 1 spiro atoms. The average molecular weight is 381 g/mol. The van der Waals surface area contributed by atoms with Gasteiger partial charge < -0.3 is 5.32 Å². The summed E-state index contributed by atoms with van der Waals surface area (Å²) in [6, 6.07) is 9.63. The van der Waals surface area contributed by atoms with Gasteiger partial charge in [0, 0.05) is 17.6 Å². The van der Waals surface area contributed by atoms with Crippen LogP contribution in [0.5, 0.6) is 0 Å². The number of aliphatic imine (C=N–C) groups is 1. The molecular weight excluding hydrogens is 348 g/mol. The number of likely N-dealkylation sites (tertiary alicyclic amines) is 1. The molecule has 28 heavy (non-hydrogen) atoms.